The van der Waals surface area contributed by atoms with Gasteiger partial charge in [0.2, 0.25) is 0 Å². The van der Waals surface area contributed by atoms with E-state index in [-0.39, 0.29) is 0 Å². The summed E-state index contributed by atoms with van der Waals surface area (Å²) in [5.41, 5.74) is 11.4. The molecule has 6 nitrogen and oxygen atoms in total. The van der Waals surface area contributed by atoms with Gasteiger partial charge in [-0.1, -0.05) is 121 Å². The third-order valence-electron chi connectivity index (χ3n) is 9.65. The Balaban J connectivity index is 0.000000191. The van der Waals surface area contributed by atoms with Crippen LogP contribution < -0.4 is 19.8 Å². The zero-order valence-corrected chi connectivity index (χ0v) is 35.3. The molecule has 308 valence electrons. The Hall–Kier alpha value is -7.39. The lowest BCUT2D eigenvalue weighted by Crippen LogP contribution is -2.39. The lowest BCUT2D eigenvalue weighted by Gasteiger charge is -2.11. The third-order valence-corrected chi connectivity index (χ3v) is 9.65. The molecule has 0 amide bonds. The Morgan fingerprint density at radius 3 is 0.968 bits per heavy atom. The number of hydrogen-bond acceptors (Lipinski definition) is 4. The summed E-state index contributed by atoms with van der Waals surface area (Å²) in [7, 11) is 5.02. The molecule has 0 saturated heterocycles. The molecule has 0 aliphatic heterocycles. The summed E-state index contributed by atoms with van der Waals surface area (Å²) in [5.74, 6) is 3.35. The number of anilines is 2. The van der Waals surface area contributed by atoms with Crippen LogP contribution in [0, 0.1) is 0 Å². The molecule has 0 bridgehead atoms. The van der Waals surface area contributed by atoms with E-state index in [9.17, 15) is 4.32 Å². The van der Waals surface area contributed by atoms with Crippen molar-refractivity contribution in [2.45, 2.75) is 0 Å². The minimum atomic E-state index is -3.17. The molecular formula is C54H48BFN2O4. The second-order valence-corrected chi connectivity index (χ2v) is 14.6. The number of rotatable bonds is 10. The van der Waals surface area contributed by atoms with Crippen molar-refractivity contribution in [3.05, 3.63) is 217 Å². The molecule has 0 saturated carbocycles. The highest BCUT2D eigenvalue weighted by molar-refractivity contribution is 6.27. The van der Waals surface area contributed by atoms with Crippen molar-refractivity contribution in [3.63, 3.8) is 0 Å². The van der Waals surface area contributed by atoms with Crippen molar-refractivity contribution in [1.82, 2.24) is 0 Å². The van der Waals surface area contributed by atoms with Crippen molar-refractivity contribution in [1.29, 1.82) is 0 Å². The van der Waals surface area contributed by atoms with Crippen LogP contribution in [0.5, 0.6) is 0 Å². The van der Waals surface area contributed by atoms with Crippen LogP contribution in [0.3, 0.4) is 0 Å². The van der Waals surface area contributed by atoms with Gasteiger partial charge in [0.05, 0.1) is 35.4 Å². The fraction of sp³-hybridized carbons (Fsp3) is 0.0741. The van der Waals surface area contributed by atoms with Crippen LogP contribution in [-0.4, -0.2) is 35.6 Å². The van der Waals surface area contributed by atoms with Crippen molar-refractivity contribution >= 4 is 43.1 Å². The highest BCUT2D eigenvalue weighted by atomic mass is 19.1. The predicted octanol–water partition coefficient (Wildman–Crippen LogP) is 11.9. The zero-order valence-electron chi connectivity index (χ0n) is 35.3. The molecule has 2 heterocycles. The standard InChI is InChI=1S/2C27H24NO.BFO2/c2*1-28(2)25-16-13-21(14-17-25)15-18-26-19-24(22-9-5-3-6-10-22)20-27(29-26)23-11-7-4-8-12-23;2-1(3)4/h2*3-20H,1-2H3;/q2*+1;-2/b2*18-15+;. The molecule has 0 N–H and O–H groups in total. The Kier molecular flexibility index (Phi) is 15.9. The van der Waals surface area contributed by atoms with Gasteiger partial charge in [0.1, 0.15) is 7.40 Å². The summed E-state index contributed by atoms with van der Waals surface area (Å²) in [6.45, 7) is 0. The van der Waals surface area contributed by atoms with Crippen LogP contribution >= 0.6 is 0 Å². The molecule has 2 aromatic heterocycles. The van der Waals surface area contributed by atoms with Crippen LogP contribution in [0.1, 0.15) is 22.6 Å². The summed E-state index contributed by atoms with van der Waals surface area (Å²) in [5, 5.41) is 16.6. The highest BCUT2D eigenvalue weighted by Crippen LogP contribution is 2.31. The Bertz CT molecular complexity index is 2340. The predicted molar refractivity (Wildman–Crippen MR) is 254 cm³/mol. The van der Waals surface area contributed by atoms with E-state index in [1.54, 1.807) is 0 Å². The van der Waals surface area contributed by atoms with Crippen LogP contribution in [0.25, 0.3) is 69.2 Å². The highest BCUT2D eigenvalue weighted by Gasteiger charge is 2.18. The van der Waals surface area contributed by atoms with Crippen LogP contribution in [-0.2, 0) is 0 Å². The molecule has 0 radical (unpaired) electrons. The summed E-state index contributed by atoms with van der Waals surface area (Å²) < 4.78 is 22.3. The molecule has 0 fully saturated rings. The minimum absolute atomic E-state index is 0.821. The van der Waals surface area contributed by atoms with Gasteiger partial charge in [-0.2, -0.15) is 0 Å². The molecule has 0 spiro atoms. The fourth-order valence-electron chi connectivity index (χ4n) is 6.42. The van der Waals surface area contributed by atoms with Gasteiger partial charge in [0.15, 0.2) is 0 Å². The van der Waals surface area contributed by atoms with Crippen molar-refractivity contribution in [2.75, 3.05) is 38.0 Å². The summed E-state index contributed by atoms with van der Waals surface area (Å²) >= 11 is 0. The Labute approximate surface area is 364 Å². The molecule has 8 aromatic rings. The van der Waals surface area contributed by atoms with Gasteiger partial charge >= 0.3 is 23.0 Å². The molecule has 8 heteroatoms. The van der Waals surface area contributed by atoms with E-state index >= 15 is 0 Å². The maximum atomic E-state index is 9.89. The molecule has 8 rings (SSSR count). The van der Waals surface area contributed by atoms with Crippen molar-refractivity contribution in [3.8, 4) is 44.9 Å². The normalized spacial score (nSPS) is 10.7. The average molecular weight is 819 g/mol. The summed E-state index contributed by atoms with van der Waals surface area (Å²) in [6, 6.07) is 66.6. The van der Waals surface area contributed by atoms with Crippen LogP contribution in [0.4, 0.5) is 15.7 Å². The Morgan fingerprint density at radius 2 is 0.677 bits per heavy atom. The van der Waals surface area contributed by atoms with Gasteiger partial charge in [-0.15, -0.1) is 0 Å². The largest absolute Gasteiger partial charge is 0.867 e. The monoisotopic (exact) mass is 818 g/mol. The molecule has 6 aromatic carbocycles. The summed E-state index contributed by atoms with van der Waals surface area (Å²) in [4.78, 5) is 4.19. The molecule has 0 unspecified atom stereocenters. The number of halogens is 1. The first-order valence-corrected chi connectivity index (χ1v) is 20.2. The van der Waals surface area contributed by atoms with Crippen LogP contribution in [0.15, 0.2) is 203 Å². The second-order valence-electron chi connectivity index (χ2n) is 14.6. The molecule has 0 atom stereocenters. The van der Waals surface area contributed by atoms with Gasteiger partial charge < -0.3 is 24.2 Å². The Morgan fingerprint density at radius 1 is 0.387 bits per heavy atom. The molecule has 0 aliphatic rings. The van der Waals surface area contributed by atoms with E-state index in [0.29, 0.717) is 0 Å². The fourth-order valence-corrected chi connectivity index (χ4v) is 6.42. The van der Waals surface area contributed by atoms with E-state index < -0.39 is 7.40 Å². The smallest absolute Gasteiger partial charge is 0.361 e. The van der Waals surface area contributed by atoms with E-state index in [0.717, 1.165) is 56.4 Å². The van der Waals surface area contributed by atoms with Gasteiger partial charge in [-0.3, -0.25) is 0 Å². The first-order chi connectivity index (χ1) is 30.1. The minimum Gasteiger partial charge on any atom is -0.867 e. The first kappa shape index (κ1) is 44.2. The zero-order chi connectivity index (χ0) is 43.7. The molecule has 0 aliphatic carbocycles. The maximum Gasteiger partial charge on any atom is 0.361 e. The van der Waals surface area contributed by atoms with E-state index in [2.05, 4.69) is 168 Å². The lowest BCUT2D eigenvalue weighted by atomic mass is 10.0. The van der Waals surface area contributed by atoms with Gasteiger partial charge in [-0.05, 0) is 82.9 Å². The van der Waals surface area contributed by atoms with Crippen molar-refractivity contribution in [2.24, 2.45) is 0 Å². The SMILES string of the molecule is CN(C)c1ccc(/C=C/c2cc(-c3ccccc3)cc(-c3ccccc3)[o+]2)cc1.CN(C)c1ccc(/C=C/c2cc(-c3ccccc3)cc(-c3ccccc3)[o+]2)cc1.[O-]B([O-])F. The molecular weight excluding hydrogens is 770 g/mol. The maximum absolute atomic E-state index is 9.89. The number of nitrogens with zero attached hydrogens (tertiary/aromatic N) is 2. The first-order valence-electron chi connectivity index (χ1n) is 20.2. The van der Waals surface area contributed by atoms with E-state index in [1.165, 1.54) is 22.5 Å². The number of hydrogen-bond donors (Lipinski definition) is 0. The quantitative estimate of drug-likeness (QED) is 0.101. The summed E-state index contributed by atoms with van der Waals surface area (Å²) in [6.07, 6.45) is 8.23. The van der Waals surface area contributed by atoms with Gasteiger partial charge in [0, 0.05) is 62.8 Å². The van der Waals surface area contributed by atoms with E-state index in [1.807, 2.05) is 88.9 Å². The van der Waals surface area contributed by atoms with E-state index in [4.69, 9.17) is 18.9 Å². The topological polar surface area (TPSA) is 75.2 Å². The van der Waals surface area contributed by atoms with Crippen LogP contribution in [0.2, 0.25) is 0 Å². The molecule has 62 heavy (non-hydrogen) atoms. The number of benzene rings is 6. The van der Waals surface area contributed by atoms with Gasteiger partial charge in [0.25, 0.3) is 0 Å². The van der Waals surface area contributed by atoms with Gasteiger partial charge in [-0.25, -0.2) is 8.83 Å². The third kappa shape index (κ3) is 13.3. The lowest BCUT2D eigenvalue weighted by molar-refractivity contribution is -0.366. The van der Waals surface area contributed by atoms with Crippen molar-refractivity contribution < 1.29 is 23.2 Å². The average Bonchev–Trinajstić information content (AvgIpc) is 3.31. The second kappa shape index (κ2) is 22.3.